The molecule has 1 aliphatic rings. The number of aromatic nitrogens is 2. The standard InChI is InChI=1S/C15H26N4O/c1-3-9-18(10-4-2)15(20)14-7-11-19(17-14)13-6-5-8-16-12-13/h7,11,13,16H,3-6,8-10,12H2,1-2H3. The van der Waals surface area contributed by atoms with E-state index in [0.29, 0.717) is 11.7 Å². The van der Waals surface area contributed by atoms with Gasteiger partial charge in [0.2, 0.25) is 0 Å². The average molecular weight is 278 g/mol. The zero-order valence-electron chi connectivity index (χ0n) is 12.6. The summed E-state index contributed by atoms with van der Waals surface area (Å²) >= 11 is 0. The van der Waals surface area contributed by atoms with E-state index in [0.717, 1.165) is 45.4 Å². The first-order chi connectivity index (χ1) is 9.76. The van der Waals surface area contributed by atoms with E-state index in [-0.39, 0.29) is 5.91 Å². The number of hydrogen-bond acceptors (Lipinski definition) is 3. The van der Waals surface area contributed by atoms with Crippen molar-refractivity contribution in [3.05, 3.63) is 18.0 Å². The van der Waals surface area contributed by atoms with Crippen LogP contribution < -0.4 is 5.32 Å². The smallest absolute Gasteiger partial charge is 0.274 e. The number of nitrogens with zero attached hydrogens (tertiary/aromatic N) is 3. The fraction of sp³-hybridized carbons (Fsp3) is 0.733. The summed E-state index contributed by atoms with van der Waals surface area (Å²) in [6.45, 7) is 7.85. The highest BCUT2D eigenvalue weighted by molar-refractivity contribution is 5.92. The summed E-state index contributed by atoms with van der Waals surface area (Å²) in [5.74, 6) is 0.0659. The van der Waals surface area contributed by atoms with E-state index < -0.39 is 0 Å². The Bertz CT molecular complexity index is 417. The molecule has 5 nitrogen and oxygen atoms in total. The van der Waals surface area contributed by atoms with Crippen molar-refractivity contribution < 1.29 is 4.79 Å². The molecule has 0 bridgehead atoms. The van der Waals surface area contributed by atoms with Crippen molar-refractivity contribution in [1.29, 1.82) is 0 Å². The van der Waals surface area contributed by atoms with Crippen molar-refractivity contribution in [1.82, 2.24) is 20.0 Å². The molecule has 0 aliphatic carbocycles. The molecule has 1 aromatic rings. The molecule has 1 unspecified atom stereocenters. The van der Waals surface area contributed by atoms with Gasteiger partial charge in [-0.3, -0.25) is 9.48 Å². The van der Waals surface area contributed by atoms with E-state index in [1.165, 1.54) is 6.42 Å². The Kier molecular flexibility index (Phi) is 5.59. The summed E-state index contributed by atoms with van der Waals surface area (Å²) in [7, 11) is 0. The van der Waals surface area contributed by atoms with Crippen molar-refractivity contribution >= 4 is 5.91 Å². The zero-order valence-corrected chi connectivity index (χ0v) is 12.6. The molecule has 1 saturated heterocycles. The monoisotopic (exact) mass is 278 g/mol. The van der Waals surface area contributed by atoms with E-state index in [2.05, 4.69) is 24.3 Å². The van der Waals surface area contributed by atoms with Crippen molar-refractivity contribution in [3.63, 3.8) is 0 Å². The molecule has 0 spiro atoms. The molecule has 5 heteroatoms. The van der Waals surface area contributed by atoms with Gasteiger partial charge in [0, 0.05) is 25.8 Å². The van der Waals surface area contributed by atoms with Gasteiger partial charge in [0.05, 0.1) is 6.04 Å². The minimum absolute atomic E-state index is 0.0659. The summed E-state index contributed by atoms with van der Waals surface area (Å²) < 4.78 is 1.95. The molecular weight excluding hydrogens is 252 g/mol. The van der Waals surface area contributed by atoms with Gasteiger partial charge in [-0.05, 0) is 38.3 Å². The van der Waals surface area contributed by atoms with Gasteiger partial charge in [-0.25, -0.2) is 0 Å². The summed E-state index contributed by atoms with van der Waals surface area (Å²) in [4.78, 5) is 14.4. The number of carbonyl (C=O) groups excluding carboxylic acids is 1. The molecule has 2 rings (SSSR count). The normalized spacial score (nSPS) is 19.0. The third-order valence-corrected chi connectivity index (χ3v) is 3.75. The summed E-state index contributed by atoms with van der Waals surface area (Å²) in [6.07, 6.45) is 6.22. The van der Waals surface area contributed by atoms with Gasteiger partial charge >= 0.3 is 0 Å². The lowest BCUT2D eigenvalue weighted by Crippen LogP contribution is -2.34. The molecule has 0 saturated carbocycles. The van der Waals surface area contributed by atoms with E-state index in [4.69, 9.17) is 0 Å². The molecule has 1 amide bonds. The van der Waals surface area contributed by atoms with Crippen LogP contribution in [0.3, 0.4) is 0 Å². The topological polar surface area (TPSA) is 50.2 Å². The van der Waals surface area contributed by atoms with Gasteiger partial charge in [-0.15, -0.1) is 0 Å². The molecule has 0 aromatic carbocycles. The van der Waals surface area contributed by atoms with Crippen LogP contribution in [0.25, 0.3) is 0 Å². The van der Waals surface area contributed by atoms with Crippen molar-refractivity contribution in [2.75, 3.05) is 26.2 Å². The lowest BCUT2D eigenvalue weighted by molar-refractivity contribution is 0.0748. The quantitative estimate of drug-likeness (QED) is 0.866. The van der Waals surface area contributed by atoms with Crippen LogP contribution in [0, 0.1) is 0 Å². The van der Waals surface area contributed by atoms with Crippen molar-refractivity contribution in [3.8, 4) is 0 Å². The second-order valence-electron chi connectivity index (χ2n) is 5.47. The third-order valence-electron chi connectivity index (χ3n) is 3.75. The van der Waals surface area contributed by atoms with Gasteiger partial charge in [0.1, 0.15) is 5.69 Å². The minimum atomic E-state index is 0.0659. The first kappa shape index (κ1) is 15.0. The maximum absolute atomic E-state index is 12.5. The van der Waals surface area contributed by atoms with Crippen LogP contribution in [-0.4, -0.2) is 46.8 Å². The Hall–Kier alpha value is -1.36. The number of hydrogen-bond donors (Lipinski definition) is 1. The third kappa shape index (κ3) is 3.60. The molecule has 112 valence electrons. The fourth-order valence-corrected chi connectivity index (χ4v) is 2.73. The SMILES string of the molecule is CCCN(CCC)C(=O)c1ccn(C2CCCNC2)n1. The van der Waals surface area contributed by atoms with Crippen LogP contribution in [0.2, 0.25) is 0 Å². The van der Waals surface area contributed by atoms with Crippen LogP contribution >= 0.6 is 0 Å². The predicted octanol–water partition coefficient (Wildman–Crippen LogP) is 2.07. The highest BCUT2D eigenvalue weighted by Crippen LogP contribution is 2.16. The van der Waals surface area contributed by atoms with Crippen molar-refractivity contribution in [2.45, 2.75) is 45.6 Å². The van der Waals surface area contributed by atoms with Gasteiger partial charge in [0.25, 0.3) is 5.91 Å². The highest BCUT2D eigenvalue weighted by atomic mass is 16.2. The Labute approximate surface area is 121 Å². The second kappa shape index (κ2) is 7.43. The number of nitrogens with one attached hydrogen (secondary N) is 1. The second-order valence-corrected chi connectivity index (χ2v) is 5.47. The van der Waals surface area contributed by atoms with Crippen LogP contribution in [0.15, 0.2) is 12.3 Å². The first-order valence-electron chi connectivity index (χ1n) is 7.81. The van der Waals surface area contributed by atoms with Gasteiger partial charge in [-0.1, -0.05) is 13.8 Å². The Balaban J connectivity index is 2.04. The van der Waals surface area contributed by atoms with E-state index in [1.54, 1.807) is 0 Å². The maximum atomic E-state index is 12.5. The Morgan fingerprint density at radius 3 is 2.80 bits per heavy atom. The molecule has 20 heavy (non-hydrogen) atoms. The number of carbonyl (C=O) groups is 1. The van der Waals surface area contributed by atoms with E-state index >= 15 is 0 Å². The van der Waals surface area contributed by atoms with Crippen LogP contribution in [0.5, 0.6) is 0 Å². The van der Waals surface area contributed by atoms with Gasteiger partial charge in [0.15, 0.2) is 0 Å². The molecule has 1 atom stereocenters. The maximum Gasteiger partial charge on any atom is 0.274 e. The largest absolute Gasteiger partial charge is 0.337 e. The highest BCUT2D eigenvalue weighted by Gasteiger charge is 2.20. The molecule has 2 heterocycles. The lowest BCUT2D eigenvalue weighted by Gasteiger charge is -2.23. The van der Waals surface area contributed by atoms with Crippen LogP contribution in [0.1, 0.15) is 56.1 Å². The van der Waals surface area contributed by atoms with Gasteiger partial charge in [-0.2, -0.15) is 5.10 Å². The van der Waals surface area contributed by atoms with Gasteiger partial charge < -0.3 is 10.2 Å². The Morgan fingerprint density at radius 1 is 1.45 bits per heavy atom. The van der Waals surface area contributed by atoms with E-state index in [9.17, 15) is 4.79 Å². The number of piperidine rings is 1. The Morgan fingerprint density at radius 2 is 2.20 bits per heavy atom. The molecule has 1 aliphatic heterocycles. The summed E-state index contributed by atoms with van der Waals surface area (Å²) in [6, 6.07) is 2.24. The van der Waals surface area contributed by atoms with Crippen molar-refractivity contribution in [2.24, 2.45) is 0 Å². The van der Waals surface area contributed by atoms with Crippen LogP contribution in [-0.2, 0) is 0 Å². The molecule has 1 N–H and O–H groups in total. The number of rotatable bonds is 6. The molecule has 1 fully saturated rings. The van der Waals surface area contributed by atoms with Crippen LogP contribution in [0.4, 0.5) is 0 Å². The lowest BCUT2D eigenvalue weighted by atomic mass is 10.1. The summed E-state index contributed by atoms with van der Waals surface area (Å²) in [5.41, 5.74) is 0.581. The molecule has 1 aromatic heterocycles. The fourth-order valence-electron chi connectivity index (χ4n) is 2.73. The molecule has 0 radical (unpaired) electrons. The zero-order chi connectivity index (χ0) is 14.4. The minimum Gasteiger partial charge on any atom is -0.337 e. The average Bonchev–Trinajstić information content (AvgIpc) is 2.97. The molecular formula is C15H26N4O. The predicted molar refractivity (Wildman–Crippen MR) is 79.9 cm³/mol. The summed E-state index contributed by atoms with van der Waals surface area (Å²) in [5, 5.41) is 7.88. The first-order valence-corrected chi connectivity index (χ1v) is 7.81. The van der Waals surface area contributed by atoms with E-state index in [1.807, 2.05) is 21.8 Å². The number of amides is 1.